The highest BCUT2D eigenvalue weighted by atomic mass is 79.9. The highest BCUT2D eigenvalue weighted by Crippen LogP contribution is 2.35. The maximum atomic E-state index is 13.9. The molecule has 0 saturated carbocycles. The van der Waals surface area contributed by atoms with Gasteiger partial charge in [0, 0.05) is 11.4 Å². The average Bonchev–Trinajstić information content (AvgIpc) is 2.83. The van der Waals surface area contributed by atoms with E-state index in [9.17, 15) is 12.8 Å². The number of aliphatic hydroxyl groups excluding tert-OH is 1. The van der Waals surface area contributed by atoms with Crippen LogP contribution in [0.25, 0.3) is 0 Å². The van der Waals surface area contributed by atoms with Crippen LogP contribution in [0, 0.1) is 5.82 Å². The predicted octanol–water partition coefficient (Wildman–Crippen LogP) is 3.36. The average molecular weight is 394 g/mol. The van der Waals surface area contributed by atoms with Gasteiger partial charge < -0.3 is 5.11 Å². The highest BCUT2D eigenvalue weighted by molar-refractivity contribution is 9.11. The molecule has 0 amide bonds. The lowest BCUT2D eigenvalue weighted by atomic mass is 10.3. The van der Waals surface area contributed by atoms with Crippen molar-refractivity contribution in [3.8, 4) is 0 Å². The van der Waals surface area contributed by atoms with E-state index in [1.165, 1.54) is 24.3 Å². The third-order valence-corrected chi connectivity index (χ3v) is 6.96. The van der Waals surface area contributed by atoms with Crippen LogP contribution in [0.1, 0.15) is 11.8 Å². The van der Waals surface area contributed by atoms with Gasteiger partial charge >= 0.3 is 0 Å². The fourth-order valence-electron chi connectivity index (χ4n) is 1.89. The molecule has 1 aromatic carbocycles. The lowest BCUT2D eigenvalue weighted by Crippen LogP contribution is -2.31. The van der Waals surface area contributed by atoms with E-state index in [-0.39, 0.29) is 23.7 Å². The number of halogens is 2. The number of nitrogens with zero attached hydrogens (tertiary/aromatic N) is 1. The molecule has 0 unspecified atom stereocenters. The zero-order valence-electron chi connectivity index (χ0n) is 11.1. The molecular weight excluding hydrogens is 381 g/mol. The molecule has 0 bridgehead atoms. The topological polar surface area (TPSA) is 57.6 Å². The molecular formula is C13H13BrFNO3S2. The summed E-state index contributed by atoms with van der Waals surface area (Å²) in [5, 5.41) is 9.12. The molecule has 4 nitrogen and oxygen atoms in total. The Morgan fingerprint density at radius 2 is 2.05 bits per heavy atom. The largest absolute Gasteiger partial charge is 0.391 e. The van der Waals surface area contributed by atoms with Gasteiger partial charge in [0.2, 0.25) is 0 Å². The third-order valence-electron chi connectivity index (χ3n) is 2.84. The lowest BCUT2D eigenvalue weighted by Gasteiger charge is -2.22. The van der Waals surface area contributed by atoms with E-state index < -0.39 is 15.8 Å². The quantitative estimate of drug-likeness (QED) is 0.846. The van der Waals surface area contributed by atoms with Crippen LogP contribution in [0.4, 0.5) is 10.1 Å². The smallest absolute Gasteiger partial charge is 0.266 e. The van der Waals surface area contributed by atoms with Gasteiger partial charge in [0.05, 0.1) is 16.1 Å². The van der Waals surface area contributed by atoms with E-state index >= 15 is 0 Å². The van der Waals surface area contributed by atoms with Crippen molar-refractivity contribution in [2.24, 2.45) is 0 Å². The second-order valence-electron chi connectivity index (χ2n) is 4.13. The summed E-state index contributed by atoms with van der Waals surface area (Å²) in [6.45, 7) is 1.49. The summed E-state index contributed by atoms with van der Waals surface area (Å²) in [5.41, 5.74) is 0.00338. The molecule has 0 spiro atoms. The fraction of sp³-hybridized carbons (Fsp3) is 0.231. The van der Waals surface area contributed by atoms with Crippen molar-refractivity contribution in [1.82, 2.24) is 0 Å². The monoisotopic (exact) mass is 393 g/mol. The SMILES string of the molecule is CCN(c1ccccc1F)S(=O)(=O)c1cc(CO)sc1Br. The Hall–Kier alpha value is -0.960. The molecule has 21 heavy (non-hydrogen) atoms. The van der Waals surface area contributed by atoms with Crippen LogP contribution in [-0.4, -0.2) is 20.1 Å². The second-order valence-corrected chi connectivity index (χ2v) is 8.42. The van der Waals surface area contributed by atoms with Crippen molar-refractivity contribution in [3.05, 3.63) is 44.8 Å². The summed E-state index contributed by atoms with van der Waals surface area (Å²) in [4.78, 5) is 0.548. The molecule has 2 aromatic rings. The van der Waals surface area contributed by atoms with Crippen molar-refractivity contribution in [2.45, 2.75) is 18.4 Å². The van der Waals surface area contributed by atoms with Gasteiger partial charge in [-0.05, 0) is 41.1 Å². The third kappa shape index (κ3) is 3.13. The Kier molecular flexibility index (Phi) is 5.03. The number of aliphatic hydroxyl groups is 1. The van der Waals surface area contributed by atoms with Gasteiger partial charge in [-0.25, -0.2) is 12.8 Å². The first kappa shape index (κ1) is 16.4. The van der Waals surface area contributed by atoms with E-state index in [2.05, 4.69) is 15.9 Å². The molecule has 0 saturated heterocycles. The first-order valence-electron chi connectivity index (χ1n) is 6.08. The number of thiophene rings is 1. The van der Waals surface area contributed by atoms with Gasteiger partial charge in [-0.1, -0.05) is 12.1 Å². The Bertz CT molecular complexity index is 746. The predicted molar refractivity (Wildman–Crippen MR) is 84.5 cm³/mol. The number of rotatable bonds is 5. The number of sulfonamides is 1. The summed E-state index contributed by atoms with van der Waals surface area (Å²) in [6, 6.07) is 7.12. The summed E-state index contributed by atoms with van der Waals surface area (Å²) in [7, 11) is -3.90. The second kappa shape index (κ2) is 6.43. The van der Waals surface area contributed by atoms with Crippen LogP contribution in [0.5, 0.6) is 0 Å². The molecule has 0 aliphatic carbocycles. The molecule has 0 aliphatic rings. The van der Waals surface area contributed by atoms with E-state index in [1.807, 2.05) is 0 Å². The summed E-state index contributed by atoms with van der Waals surface area (Å²) in [5.74, 6) is -0.600. The fourth-order valence-corrected chi connectivity index (χ4v) is 5.87. The molecule has 1 heterocycles. The minimum absolute atomic E-state index is 0.00338. The maximum Gasteiger partial charge on any atom is 0.266 e. The molecule has 8 heteroatoms. The van der Waals surface area contributed by atoms with Crippen molar-refractivity contribution in [2.75, 3.05) is 10.8 Å². The molecule has 0 aliphatic heterocycles. The Labute approximate surface area is 135 Å². The van der Waals surface area contributed by atoms with Crippen molar-refractivity contribution >= 4 is 43.0 Å². The Balaban J connectivity index is 2.55. The number of benzene rings is 1. The van der Waals surface area contributed by atoms with E-state index in [0.29, 0.717) is 8.66 Å². The normalized spacial score (nSPS) is 11.6. The van der Waals surface area contributed by atoms with Gasteiger partial charge in [-0.15, -0.1) is 11.3 Å². The van der Waals surface area contributed by atoms with E-state index in [1.54, 1.807) is 13.0 Å². The highest BCUT2D eigenvalue weighted by Gasteiger charge is 2.29. The van der Waals surface area contributed by atoms with Crippen LogP contribution in [-0.2, 0) is 16.6 Å². The number of anilines is 1. The van der Waals surface area contributed by atoms with Crippen molar-refractivity contribution < 1.29 is 17.9 Å². The molecule has 0 radical (unpaired) electrons. The number of hydrogen-bond acceptors (Lipinski definition) is 4. The number of hydrogen-bond donors (Lipinski definition) is 1. The summed E-state index contributed by atoms with van der Waals surface area (Å²) >= 11 is 4.33. The molecule has 1 aromatic heterocycles. The minimum atomic E-state index is -3.90. The van der Waals surface area contributed by atoms with E-state index in [0.717, 1.165) is 15.6 Å². The molecule has 1 N–H and O–H groups in total. The summed E-state index contributed by atoms with van der Waals surface area (Å²) < 4.78 is 40.7. The van der Waals surface area contributed by atoms with Gasteiger partial charge in [0.25, 0.3) is 10.0 Å². The molecule has 114 valence electrons. The molecule has 0 atom stereocenters. The van der Waals surface area contributed by atoms with Crippen LogP contribution < -0.4 is 4.31 Å². The Morgan fingerprint density at radius 1 is 1.38 bits per heavy atom. The Morgan fingerprint density at radius 3 is 2.57 bits per heavy atom. The minimum Gasteiger partial charge on any atom is -0.391 e. The lowest BCUT2D eigenvalue weighted by molar-refractivity contribution is 0.285. The van der Waals surface area contributed by atoms with Gasteiger partial charge in [-0.3, -0.25) is 4.31 Å². The van der Waals surface area contributed by atoms with Crippen LogP contribution in [0.3, 0.4) is 0 Å². The molecule has 2 rings (SSSR count). The van der Waals surface area contributed by atoms with E-state index in [4.69, 9.17) is 5.11 Å². The first-order valence-corrected chi connectivity index (χ1v) is 9.13. The standard InChI is InChI=1S/C13H13BrFNO3S2/c1-2-16(11-6-4-3-5-10(11)15)21(18,19)12-7-9(8-17)20-13(12)14/h3-7,17H,2,8H2,1H3. The van der Waals surface area contributed by atoms with Crippen molar-refractivity contribution in [3.63, 3.8) is 0 Å². The summed E-state index contributed by atoms with van der Waals surface area (Å²) in [6.07, 6.45) is 0. The first-order chi connectivity index (χ1) is 9.91. The zero-order valence-corrected chi connectivity index (χ0v) is 14.3. The number of para-hydroxylation sites is 1. The zero-order chi connectivity index (χ0) is 15.6. The van der Waals surface area contributed by atoms with Crippen LogP contribution in [0.15, 0.2) is 39.0 Å². The van der Waals surface area contributed by atoms with Gasteiger partial charge in [0.15, 0.2) is 0 Å². The molecule has 0 fully saturated rings. The van der Waals surface area contributed by atoms with Gasteiger partial charge in [0.1, 0.15) is 10.7 Å². The maximum absolute atomic E-state index is 13.9. The van der Waals surface area contributed by atoms with Gasteiger partial charge in [-0.2, -0.15) is 0 Å². The van der Waals surface area contributed by atoms with Crippen LogP contribution >= 0.6 is 27.3 Å². The van der Waals surface area contributed by atoms with Crippen LogP contribution in [0.2, 0.25) is 0 Å². The van der Waals surface area contributed by atoms with Crippen molar-refractivity contribution in [1.29, 1.82) is 0 Å².